The van der Waals surface area contributed by atoms with Crippen LogP contribution in [-0.2, 0) is 23.9 Å². The molecule has 0 bridgehead atoms. The van der Waals surface area contributed by atoms with E-state index in [0.29, 0.717) is 17.5 Å². The molecule has 0 radical (unpaired) electrons. The summed E-state index contributed by atoms with van der Waals surface area (Å²) in [6.07, 6.45) is -3.90. The van der Waals surface area contributed by atoms with E-state index in [2.05, 4.69) is 5.32 Å². The number of carboxylic acid groups (broad SMARTS) is 1. The van der Waals surface area contributed by atoms with E-state index in [1.54, 1.807) is 6.92 Å². The molecule has 8 heteroatoms. The Balaban J connectivity index is 2.07. The summed E-state index contributed by atoms with van der Waals surface area (Å²) in [6, 6.07) is 8.08. The van der Waals surface area contributed by atoms with E-state index in [9.17, 15) is 27.2 Å². The second-order valence-electron chi connectivity index (χ2n) is 6.34. The molecule has 1 atom stereocenters. The third-order valence-corrected chi connectivity index (χ3v) is 4.33. The Morgan fingerprint density at radius 3 is 2.21 bits per heavy atom. The highest BCUT2D eigenvalue weighted by Crippen LogP contribution is 2.29. The van der Waals surface area contributed by atoms with Gasteiger partial charge in [0.05, 0.1) is 17.0 Å². The fraction of sp³-hybridized carbons (Fsp3) is 0.300. The number of benzene rings is 2. The van der Waals surface area contributed by atoms with Crippen molar-refractivity contribution in [3.05, 3.63) is 70.5 Å². The lowest BCUT2D eigenvalue weighted by Gasteiger charge is -2.12. The highest BCUT2D eigenvalue weighted by molar-refractivity contribution is 5.94. The van der Waals surface area contributed by atoms with Crippen molar-refractivity contribution < 1.29 is 32.3 Å². The lowest BCUT2D eigenvalue weighted by Crippen LogP contribution is -2.24. The SMILES string of the molecule is CC[C@@H](Cc1ccc(F)c(C(=O)NCc2ccc(C(F)(F)F)cc2)c1)C(=O)O. The van der Waals surface area contributed by atoms with Gasteiger partial charge in [0, 0.05) is 6.54 Å². The fourth-order valence-corrected chi connectivity index (χ4v) is 2.65. The number of alkyl halides is 3. The zero-order valence-corrected chi connectivity index (χ0v) is 15.0. The molecule has 2 aromatic carbocycles. The molecule has 2 aromatic rings. The summed E-state index contributed by atoms with van der Waals surface area (Å²) in [6.45, 7) is 1.65. The van der Waals surface area contributed by atoms with Gasteiger partial charge >= 0.3 is 12.1 Å². The molecule has 4 nitrogen and oxygen atoms in total. The normalized spacial score (nSPS) is 12.5. The summed E-state index contributed by atoms with van der Waals surface area (Å²) in [5, 5.41) is 11.6. The first-order valence-electron chi connectivity index (χ1n) is 8.57. The van der Waals surface area contributed by atoms with Gasteiger partial charge in [-0.05, 0) is 48.2 Å². The maximum Gasteiger partial charge on any atom is 0.416 e. The highest BCUT2D eigenvalue weighted by Gasteiger charge is 2.29. The van der Waals surface area contributed by atoms with Crippen molar-refractivity contribution in [3.63, 3.8) is 0 Å². The summed E-state index contributed by atoms with van der Waals surface area (Å²) in [5.41, 5.74) is -0.111. The number of carboxylic acids is 1. The molecule has 0 aliphatic heterocycles. The molecule has 2 N–H and O–H groups in total. The second-order valence-corrected chi connectivity index (χ2v) is 6.34. The molecular formula is C20H19F4NO3. The zero-order valence-electron chi connectivity index (χ0n) is 15.0. The van der Waals surface area contributed by atoms with E-state index in [1.807, 2.05) is 0 Å². The Morgan fingerprint density at radius 2 is 1.68 bits per heavy atom. The number of aliphatic carboxylic acids is 1. The molecule has 0 spiro atoms. The number of nitrogens with one attached hydrogen (secondary N) is 1. The topological polar surface area (TPSA) is 66.4 Å². The molecule has 0 aliphatic carbocycles. The van der Waals surface area contributed by atoms with Crippen LogP contribution in [-0.4, -0.2) is 17.0 Å². The lowest BCUT2D eigenvalue weighted by molar-refractivity contribution is -0.141. The average Bonchev–Trinajstić information content (AvgIpc) is 2.64. The van der Waals surface area contributed by atoms with Crippen molar-refractivity contribution >= 4 is 11.9 Å². The van der Waals surface area contributed by atoms with E-state index >= 15 is 0 Å². The Kier molecular flexibility index (Phi) is 6.77. The van der Waals surface area contributed by atoms with Crippen LogP contribution in [0.15, 0.2) is 42.5 Å². The molecule has 2 rings (SSSR count). The van der Waals surface area contributed by atoms with Gasteiger partial charge in [-0.2, -0.15) is 13.2 Å². The van der Waals surface area contributed by atoms with E-state index in [-0.39, 0.29) is 18.5 Å². The van der Waals surface area contributed by atoms with Crippen LogP contribution in [0, 0.1) is 11.7 Å². The molecule has 0 heterocycles. The van der Waals surface area contributed by atoms with Gasteiger partial charge in [-0.15, -0.1) is 0 Å². The smallest absolute Gasteiger partial charge is 0.416 e. The maximum atomic E-state index is 14.0. The van der Waals surface area contributed by atoms with E-state index < -0.39 is 35.4 Å². The Hall–Kier alpha value is -2.90. The van der Waals surface area contributed by atoms with Crippen molar-refractivity contribution in [2.45, 2.75) is 32.5 Å². The minimum atomic E-state index is -4.45. The summed E-state index contributed by atoms with van der Waals surface area (Å²) in [7, 11) is 0. The Morgan fingerprint density at radius 1 is 1.07 bits per heavy atom. The van der Waals surface area contributed by atoms with Crippen LogP contribution in [0.5, 0.6) is 0 Å². The van der Waals surface area contributed by atoms with Crippen molar-refractivity contribution in [2.24, 2.45) is 5.92 Å². The summed E-state index contributed by atoms with van der Waals surface area (Å²) >= 11 is 0. The van der Waals surface area contributed by atoms with Crippen molar-refractivity contribution in [1.82, 2.24) is 5.32 Å². The predicted octanol–water partition coefficient (Wildman–Crippen LogP) is 4.43. The van der Waals surface area contributed by atoms with E-state index in [4.69, 9.17) is 5.11 Å². The van der Waals surface area contributed by atoms with Crippen LogP contribution in [0.4, 0.5) is 17.6 Å². The van der Waals surface area contributed by atoms with Gasteiger partial charge in [-0.25, -0.2) is 4.39 Å². The molecule has 0 unspecified atom stereocenters. The predicted molar refractivity (Wildman–Crippen MR) is 94.1 cm³/mol. The standard InChI is InChI=1S/C20H19F4NO3/c1-2-14(19(27)28)9-13-5-8-17(21)16(10-13)18(26)25-11-12-3-6-15(7-4-12)20(22,23)24/h3-8,10,14H,2,9,11H2,1H3,(H,25,26)(H,27,28)/t14-/m0/s1. The fourth-order valence-electron chi connectivity index (χ4n) is 2.65. The van der Waals surface area contributed by atoms with Gasteiger partial charge in [0.15, 0.2) is 0 Å². The third-order valence-electron chi connectivity index (χ3n) is 4.33. The Bertz CT molecular complexity index is 848. The Labute approximate surface area is 159 Å². The molecule has 0 fully saturated rings. The zero-order chi connectivity index (χ0) is 20.9. The van der Waals surface area contributed by atoms with Crippen LogP contribution >= 0.6 is 0 Å². The summed E-state index contributed by atoms with van der Waals surface area (Å²) in [5.74, 6) is -3.12. The molecule has 0 saturated heterocycles. The van der Waals surface area contributed by atoms with Crippen molar-refractivity contribution in [3.8, 4) is 0 Å². The van der Waals surface area contributed by atoms with Crippen LogP contribution in [0.25, 0.3) is 0 Å². The highest BCUT2D eigenvalue weighted by atomic mass is 19.4. The van der Waals surface area contributed by atoms with E-state index in [0.717, 1.165) is 18.2 Å². The first-order chi connectivity index (χ1) is 13.1. The number of hydrogen-bond acceptors (Lipinski definition) is 2. The molecule has 0 saturated carbocycles. The minimum absolute atomic E-state index is 0.0760. The molecule has 0 aliphatic rings. The van der Waals surface area contributed by atoms with Gasteiger partial charge in [0.25, 0.3) is 5.91 Å². The van der Waals surface area contributed by atoms with Crippen LogP contribution in [0.3, 0.4) is 0 Å². The summed E-state index contributed by atoms with van der Waals surface area (Å²) < 4.78 is 51.7. The number of halogens is 4. The van der Waals surface area contributed by atoms with Crippen LogP contribution in [0.2, 0.25) is 0 Å². The van der Waals surface area contributed by atoms with Crippen molar-refractivity contribution in [2.75, 3.05) is 0 Å². The largest absolute Gasteiger partial charge is 0.481 e. The lowest BCUT2D eigenvalue weighted by atomic mass is 9.95. The van der Waals surface area contributed by atoms with Crippen LogP contribution < -0.4 is 5.32 Å². The molecule has 1 amide bonds. The first kappa shape index (κ1) is 21.4. The molecule has 150 valence electrons. The quantitative estimate of drug-likeness (QED) is 0.680. The minimum Gasteiger partial charge on any atom is -0.481 e. The van der Waals surface area contributed by atoms with Crippen molar-refractivity contribution in [1.29, 1.82) is 0 Å². The number of hydrogen-bond donors (Lipinski definition) is 2. The molecular weight excluding hydrogens is 378 g/mol. The van der Waals surface area contributed by atoms with E-state index in [1.165, 1.54) is 24.3 Å². The van der Waals surface area contributed by atoms with Crippen LogP contribution in [0.1, 0.15) is 40.4 Å². The summed E-state index contributed by atoms with van der Waals surface area (Å²) in [4.78, 5) is 23.4. The monoisotopic (exact) mass is 397 g/mol. The van der Waals surface area contributed by atoms with Gasteiger partial charge in [0.2, 0.25) is 0 Å². The molecule has 28 heavy (non-hydrogen) atoms. The number of rotatable bonds is 7. The first-order valence-corrected chi connectivity index (χ1v) is 8.57. The van der Waals surface area contributed by atoms with Gasteiger partial charge in [0.1, 0.15) is 5.82 Å². The maximum absolute atomic E-state index is 14.0. The van der Waals surface area contributed by atoms with Gasteiger partial charge in [-0.1, -0.05) is 25.1 Å². The molecule has 0 aromatic heterocycles. The number of carbonyl (C=O) groups is 2. The van der Waals surface area contributed by atoms with Gasteiger partial charge < -0.3 is 10.4 Å². The number of amides is 1. The third kappa shape index (κ3) is 5.55. The average molecular weight is 397 g/mol. The van der Waals surface area contributed by atoms with Gasteiger partial charge in [-0.3, -0.25) is 9.59 Å². The second kappa shape index (κ2) is 8.86. The number of carbonyl (C=O) groups excluding carboxylic acids is 1.